The van der Waals surface area contributed by atoms with Crippen LogP contribution in [0.2, 0.25) is 0 Å². The van der Waals surface area contributed by atoms with Crippen LogP contribution in [-0.2, 0) is 16.1 Å². The van der Waals surface area contributed by atoms with Crippen LogP contribution in [0.4, 0.5) is 0 Å². The van der Waals surface area contributed by atoms with Crippen molar-refractivity contribution in [1.82, 2.24) is 4.90 Å². The Labute approximate surface area is 106 Å². The molecule has 1 aliphatic rings. The first-order valence-corrected chi connectivity index (χ1v) is 5.82. The summed E-state index contributed by atoms with van der Waals surface area (Å²) in [5, 5.41) is 0. The lowest BCUT2D eigenvalue weighted by molar-refractivity contribution is -0.138. The van der Waals surface area contributed by atoms with E-state index in [4.69, 9.17) is 0 Å². The molecule has 3 nitrogen and oxygen atoms in total. The highest BCUT2D eigenvalue weighted by atomic mass is 16.2. The van der Waals surface area contributed by atoms with Gasteiger partial charge in [0.05, 0.1) is 13.0 Å². The Kier molecular flexibility index (Phi) is 3.42. The Morgan fingerprint density at radius 1 is 1.33 bits per heavy atom. The molecule has 1 fully saturated rings. The highest BCUT2D eigenvalue weighted by Gasteiger charge is 2.33. The quantitative estimate of drug-likeness (QED) is 0.602. The molecule has 2 amide bonds. The second-order valence-corrected chi connectivity index (χ2v) is 4.46. The molecule has 0 unspecified atom stereocenters. The minimum absolute atomic E-state index is 0.142. The van der Waals surface area contributed by atoms with E-state index >= 15 is 0 Å². The Morgan fingerprint density at radius 2 is 2.00 bits per heavy atom. The van der Waals surface area contributed by atoms with Crippen LogP contribution in [0.15, 0.2) is 54.1 Å². The number of likely N-dealkylation sites (tertiary alicyclic amines) is 1. The van der Waals surface area contributed by atoms with E-state index in [1.807, 2.05) is 37.3 Å². The average molecular weight is 241 g/mol. The molecule has 1 aliphatic heterocycles. The van der Waals surface area contributed by atoms with Crippen LogP contribution in [0.5, 0.6) is 0 Å². The smallest absolute Gasteiger partial charge is 0.257 e. The Morgan fingerprint density at radius 3 is 2.61 bits per heavy atom. The molecule has 0 bridgehead atoms. The molecule has 1 aromatic rings. The van der Waals surface area contributed by atoms with Crippen LogP contribution in [0, 0.1) is 0 Å². The molecule has 1 heterocycles. The molecule has 0 N–H and O–H groups in total. The lowest BCUT2D eigenvalue weighted by Crippen LogP contribution is -2.28. The third-order valence-electron chi connectivity index (χ3n) is 2.77. The number of carbonyl (C=O) groups is 2. The van der Waals surface area contributed by atoms with E-state index in [9.17, 15) is 9.59 Å². The minimum atomic E-state index is -0.202. The monoisotopic (exact) mass is 241 g/mol. The normalized spacial score (nSPS) is 17.6. The van der Waals surface area contributed by atoms with E-state index < -0.39 is 0 Å². The zero-order valence-corrected chi connectivity index (χ0v) is 10.3. The molecule has 1 saturated heterocycles. The summed E-state index contributed by atoms with van der Waals surface area (Å²) >= 11 is 0. The van der Waals surface area contributed by atoms with Gasteiger partial charge in [0.1, 0.15) is 0 Å². The summed E-state index contributed by atoms with van der Waals surface area (Å²) in [6, 6.07) is 9.50. The number of nitrogens with zero attached hydrogens (tertiary/aromatic N) is 1. The van der Waals surface area contributed by atoms with Gasteiger partial charge in [0.2, 0.25) is 5.91 Å². The van der Waals surface area contributed by atoms with Crippen LogP contribution in [0.25, 0.3) is 0 Å². The van der Waals surface area contributed by atoms with Crippen molar-refractivity contribution in [3.63, 3.8) is 0 Å². The molecule has 1 aromatic carbocycles. The number of amides is 2. The topological polar surface area (TPSA) is 37.4 Å². The molecule has 0 spiro atoms. The fraction of sp³-hybridized carbons (Fsp3) is 0.200. The van der Waals surface area contributed by atoms with Crippen LogP contribution < -0.4 is 0 Å². The maximum absolute atomic E-state index is 12.1. The summed E-state index contributed by atoms with van der Waals surface area (Å²) in [5.74, 6) is -0.344. The molecule has 0 aliphatic carbocycles. The van der Waals surface area contributed by atoms with Gasteiger partial charge < -0.3 is 0 Å². The van der Waals surface area contributed by atoms with E-state index in [0.717, 1.165) is 11.1 Å². The van der Waals surface area contributed by atoms with Crippen LogP contribution in [0.3, 0.4) is 0 Å². The van der Waals surface area contributed by atoms with Gasteiger partial charge in [-0.25, -0.2) is 0 Å². The maximum Gasteiger partial charge on any atom is 0.257 e. The molecule has 0 saturated carbocycles. The van der Waals surface area contributed by atoms with Crippen molar-refractivity contribution in [1.29, 1.82) is 0 Å². The van der Waals surface area contributed by atoms with Crippen molar-refractivity contribution in [2.75, 3.05) is 0 Å². The predicted molar refractivity (Wildman–Crippen MR) is 69.5 cm³/mol. The van der Waals surface area contributed by atoms with Gasteiger partial charge in [-0.05, 0) is 12.5 Å². The number of carbonyl (C=O) groups excluding carboxylic acids is 2. The second kappa shape index (κ2) is 5.00. The molecular formula is C15H15NO2. The number of hydrogen-bond donors (Lipinski definition) is 0. The number of benzene rings is 1. The summed E-state index contributed by atoms with van der Waals surface area (Å²) in [4.78, 5) is 25.2. The lowest BCUT2D eigenvalue weighted by Gasteiger charge is -2.13. The molecule has 2 rings (SSSR count). The van der Waals surface area contributed by atoms with E-state index in [2.05, 4.69) is 6.58 Å². The molecule has 18 heavy (non-hydrogen) atoms. The Hall–Kier alpha value is -2.16. The Bertz CT molecular complexity index is 529. The number of hydrogen-bond acceptors (Lipinski definition) is 2. The lowest BCUT2D eigenvalue weighted by atomic mass is 10.1. The van der Waals surface area contributed by atoms with Gasteiger partial charge >= 0.3 is 0 Å². The van der Waals surface area contributed by atoms with Crippen LogP contribution >= 0.6 is 0 Å². The van der Waals surface area contributed by atoms with E-state index in [-0.39, 0.29) is 18.2 Å². The fourth-order valence-corrected chi connectivity index (χ4v) is 1.96. The molecule has 3 heteroatoms. The number of rotatable bonds is 3. The molecule has 92 valence electrons. The van der Waals surface area contributed by atoms with Crippen molar-refractivity contribution in [3.05, 3.63) is 59.7 Å². The van der Waals surface area contributed by atoms with Crippen LogP contribution in [0.1, 0.15) is 18.9 Å². The van der Waals surface area contributed by atoms with Gasteiger partial charge in [-0.15, -0.1) is 0 Å². The standard InChI is InChI=1S/C15H15NO2/c1-11(2)8-13-9-14(17)16(15(13)18)10-12-6-4-3-5-7-12/h3-8H,1,9-10H2,2H3/b13-8-. The summed E-state index contributed by atoms with van der Waals surface area (Å²) in [5.41, 5.74) is 2.27. The molecule has 0 radical (unpaired) electrons. The zero-order chi connectivity index (χ0) is 13.1. The minimum Gasteiger partial charge on any atom is -0.274 e. The first-order chi connectivity index (χ1) is 8.58. The van der Waals surface area contributed by atoms with Crippen LogP contribution in [-0.4, -0.2) is 16.7 Å². The van der Waals surface area contributed by atoms with Crippen molar-refractivity contribution in [3.8, 4) is 0 Å². The summed E-state index contributed by atoms with van der Waals surface area (Å²) in [7, 11) is 0. The van der Waals surface area contributed by atoms with Crippen molar-refractivity contribution < 1.29 is 9.59 Å². The van der Waals surface area contributed by atoms with Gasteiger partial charge in [-0.1, -0.05) is 48.6 Å². The average Bonchev–Trinajstić information content (AvgIpc) is 2.58. The maximum atomic E-state index is 12.1. The second-order valence-electron chi connectivity index (χ2n) is 4.46. The fourth-order valence-electron chi connectivity index (χ4n) is 1.96. The van der Waals surface area contributed by atoms with Crippen molar-refractivity contribution in [2.45, 2.75) is 19.9 Å². The highest BCUT2D eigenvalue weighted by molar-refractivity contribution is 6.13. The summed E-state index contributed by atoms with van der Waals surface area (Å²) < 4.78 is 0. The number of imide groups is 1. The highest BCUT2D eigenvalue weighted by Crippen LogP contribution is 2.22. The van der Waals surface area contributed by atoms with Gasteiger partial charge in [-0.2, -0.15) is 0 Å². The van der Waals surface area contributed by atoms with Gasteiger partial charge in [0, 0.05) is 5.57 Å². The molecular weight excluding hydrogens is 226 g/mol. The zero-order valence-electron chi connectivity index (χ0n) is 10.3. The Balaban J connectivity index is 2.18. The SMILES string of the molecule is C=C(C)/C=C1/CC(=O)N(Cc2ccccc2)C1=O. The first-order valence-electron chi connectivity index (χ1n) is 5.82. The predicted octanol–water partition coefficient (Wildman–Crippen LogP) is 2.45. The summed E-state index contributed by atoms with van der Waals surface area (Å²) in [6.45, 7) is 5.88. The first kappa shape index (κ1) is 12.3. The van der Waals surface area contributed by atoms with Gasteiger partial charge in [0.25, 0.3) is 5.91 Å². The van der Waals surface area contributed by atoms with E-state index in [1.54, 1.807) is 6.08 Å². The van der Waals surface area contributed by atoms with Gasteiger partial charge in [-0.3, -0.25) is 14.5 Å². The molecule has 0 aromatic heterocycles. The van der Waals surface area contributed by atoms with Crippen molar-refractivity contribution >= 4 is 11.8 Å². The van der Waals surface area contributed by atoms with Crippen molar-refractivity contribution in [2.24, 2.45) is 0 Å². The third-order valence-corrected chi connectivity index (χ3v) is 2.77. The van der Waals surface area contributed by atoms with E-state index in [1.165, 1.54) is 4.90 Å². The van der Waals surface area contributed by atoms with Gasteiger partial charge in [0.15, 0.2) is 0 Å². The molecule has 0 atom stereocenters. The third kappa shape index (κ3) is 2.56. The largest absolute Gasteiger partial charge is 0.274 e. The summed E-state index contributed by atoms with van der Waals surface area (Å²) in [6.07, 6.45) is 1.86. The van der Waals surface area contributed by atoms with E-state index in [0.29, 0.717) is 12.1 Å². The number of allylic oxidation sites excluding steroid dienone is 2.